The molecule has 0 radical (unpaired) electrons. The van der Waals surface area contributed by atoms with E-state index < -0.39 is 5.41 Å². The van der Waals surface area contributed by atoms with E-state index in [-0.39, 0.29) is 17.6 Å². The van der Waals surface area contributed by atoms with Crippen LogP contribution in [0.3, 0.4) is 0 Å². The van der Waals surface area contributed by atoms with E-state index in [4.69, 9.17) is 0 Å². The molecule has 4 nitrogen and oxygen atoms in total. The number of phenols is 1. The standard InChI is InChI=1S/C17H20N2O2S/c1-3-4-14-13-9-12(20)6-5-11(13)10-17(14,2)15(21)19-16-18-7-8-22-16/h5-9,14,20H,3-4,10H2,1-2H3,(H,18,19,21)/t14-,17+/m0/s1. The number of anilines is 1. The van der Waals surface area contributed by atoms with E-state index in [2.05, 4.69) is 17.2 Å². The molecule has 3 rings (SSSR count). The van der Waals surface area contributed by atoms with Gasteiger partial charge in [-0.25, -0.2) is 4.98 Å². The second kappa shape index (κ2) is 5.72. The highest BCUT2D eigenvalue weighted by Gasteiger charge is 2.47. The van der Waals surface area contributed by atoms with Crippen LogP contribution >= 0.6 is 11.3 Å². The number of nitrogens with zero attached hydrogens (tertiary/aromatic N) is 1. The first-order chi connectivity index (χ1) is 10.5. The molecule has 0 spiro atoms. The van der Waals surface area contributed by atoms with Gasteiger partial charge in [-0.1, -0.05) is 19.4 Å². The highest BCUT2D eigenvalue weighted by Crippen LogP contribution is 2.50. The summed E-state index contributed by atoms with van der Waals surface area (Å²) in [5.41, 5.74) is 1.77. The molecule has 0 unspecified atom stereocenters. The number of phenolic OH excluding ortho intramolecular Hbond substituents is 1. The Morgan fingerprint density at radius 3 is 3.05 bits per heavy atom. The van der Waals surface area contributed by atoms with Gasteiger partial charge >= 0.3 is 0 Å². The van der Waals surface area contributed by atoms with Crippen molar-refractivity contribution < 1.29 is 9.90 Å². The zero-order valence-electron chi connectivity index (χ0n) is 12.8. The zero-order valence-corrected chi connectivity index (χ0v) is 13.6. The molecule has 0 bridgehead atoms. The molecule has 0 saturated heterocycles. The number of carbonyl (C=O) groups excluding carboxylic acids is 1. The highest BCUT2D eigenvalue weighted by molar-refractivity contribution is 7.13. The number of fused-ring (bicyclic) bond motifs is 1. The van der Waals surface area contributed by atoms with E-state index in [1.165, 1.54) is 11.3 Å². The van der Waals surface area contributed by atoms with Gasteiger partial charge in [-0.2, -0.15) is 0 Å². The van der Waals surface area contributed by atoms with Crippen molar-refractivity contribution >= 4 is 22.4 Å². The molecule has 5 heteroatoms. The van der Waals surface area contributed by atoms with Crippen LogP contribution < -0.4 is 5.32 Å². The maximum absolute atomic E-state index is 12.9. The Balaban J connectivity index is 1.93. The molecule has 1 aromatic heterocycles. The third-order valence-corrected chi connectivity index (χ3v) is 5.27. The van der Waals surface area contributed by atoms with Gasteiger partial charge in [0.2, 0.25) is 5.91 Å². The van der Waals surface area contributed by atoms with Crippen LogP contribution in [0.1, 0.15) is 43.7 Å². The van der Waals surface area contributed by atoms with Crippen molar-refractivity contribution in [3.8, 4) is 5.75 Å². The Morgan fingerprint density at radius 2 is 2.36 bits per heavy atom. The number of aromatic hydroxyl groups is 1. The quantitative estimate of drug-likeness (QED) is 0.898. The minimum Gasteiger partial charge on any atom is -0.508 e. The van der Waals surface area contributed by atoms with E-state index in [0.29, 0.717) is 11.6 Å². The van der Waals surface area contributed by atoms with Crippen LogP contribution in [-0.2, 0) is 11.2 Å². The van der Waals surface area contributed by atoms with E-state index in [0.717, 1.165) is 24.0 Å². The van der Waals surface area contributed by atoms with Crippen LogP contribution in [0.4, 0.5) is 5.13 Å². The van der Waals surface area contributed by atoms with Gasteiger partial charge in [0, 0.05) is 11.6 Å². The van der Waals surface area contributed by atoms with Gasteiger partial charge in [0.1, 0.15) is 5.75 Å². The van der Waals surface area contributed by atoms with Gasteiger partial charge in [0.25, 0.3) is 0 Å². The van der Waals surface area contributed by atoms with E-state index in [1.807, 2.05) is 24.4 Å². The van der Waals surface area contributed by atoms with Crippen molar-refractivity contribution in [3.63, 3.8) is 0 Å². The first-order valence-corrected chi connectivity index (χ1v) is 8.45. The lowest BCUT2D eigenvalue weighted by atomic mass is 9.75. The molecule has 1 heterocycles. The maximum Gasteiger partial charge on any atom is 0.233 e. The summed E-state index contributed by atoms with van der Waals surface area (Å²) in [4.78, 5) is 17.0. The Hall–Kier alpha value is -1.88. The number of carbonyl (C=O) groups is 1. The number of hydrogen-bond acceptors (Lipinski definition) is 4. The van der Waals surface area contributed by atoms with Crippen molar-refractivity contribution in [3.05, 3.63) is 40.9 Å². The molecule has 116 valence electrons. The van der Waals surface area contributed by atoms with Crippen LogP contribution in [0.5, 0.6) is 5.75 Å². The average Bonchev–Trinajstić information content (AvgIpc) is 3.08. The van der Waals surface area contributed by atoms with Crippen molar-refractivity contribution in [1.29, 1.82) is 0 Å². The SMILES string of the molecule is CCC[C@H]1c2cc(O)ccc2C[C@@]1(C)C(=O)Nc1nccs1. The largest absolute Gasteiger partial charge is 0.508 e. The summed E-state index contributed by atoms with van der Waals surface area (Å²) in [6, 6.07) is 5.46. The lowest BCUT2D eigenvalue weighted by Crippen LogP contribution is -2.37. The summed E-state index contributed by atoms with van der Waals surface area (Å²) < 4.78 is 0. The van der Waals surface area contributed by atoms with Crippen LogP contribution in [0.2, 0.25) is 0 Å². The summed E-state index contributed by atoms with van der Waals surface area (Å²) in [6.45, 7) is 4.15. The fourth-order valence-corrected chi connectivity index (χ4v) is 3.98. The number of nitrogens with one attached hydrogen (secondary N) is 1. The average molecular weight is 316 g/mol. The van der Waals surface area contributed by atoms with Crippen molar-refractivity contribution in [2.45, 2.75) is 39.0 Å². The summed E-state index contributed by atoms with van der Waals surface area (Å²) >= 11 is 1.43. The minimum atomic E-state index is -0.502. The lowest BCUT2D eigenvalue weighted by Gasteiger charge is -2.30. The number of rotatable bonds is 4. The third-order valence-electron chi connectivity index (χ3n) is 4.58. The van der Waals surface area contributed by atoms with Gasteiger partial charge in [0.15, 0.2) is 5.13 Å². The van der Waals surface area contributed by atoms with Gasteiger partial charge in [-0.15, -0.1) is 11.3 Å². The van der Waals surface area contributed by atoms with Crippen LogP contribution in [0, 0.1) is 5.41 Å². The number of thiazole rings is 1. The van der Waals surface area contributed by atoms with Gasteiger partial charge in [-0.3, -0.25) is 4.79 Å². The molecule has 0 aliphatic heterocycles. The molecule has 1 amide bonds. The summed E-state index contributed by atoms with van der Waals surface area (Å²) in [5, 5.41) is 15.2. The van der Waals surface area contributed by atoms with Crippen molar-refractivity contribution in [1.82, 2.24) is 4.98 Å². The van der Waals surface area contributed by atoms with Gasteiger partial charge in [-0.05, 0) is 48.9 Å². The molecule has 0 saturated carbocycles. The predicted molar refractivity (Wildman–Crippen MR) is 88.3 cm³/mol. The molecule has 22 heavy (non-hydrogen) atoms. The van der Waals surface area contributed by atoms with E-state index in [9.17, 15) is 9.90 Å². The first kappa shape index (κ1) is 15.0. The second-order valence-corrected chi connectivity index (χ2v) is 7.00. The third kappa shape index (κ3) is 2.50. The summed E-state index contributed by atoms with van der Waals surface area (Å²) in [7, 11) is 0. The fourth-order valence-electron chi connectivity index (χ4n) is 3.46. The molecule has 2 N–H and O–H groups in total. The topological polar surface area (TPSA) is 62.2 Å². The Labute approximate surface area is 134 Å². The predicted octanol–water partition coefficient (Wildman–Crippen LogP) is 3.93. The second-order valence-electron chi connectivity index (χ2n) is 6.11. The molecular weight excluding hydrogens is 296 g/mol. The number of hydrogen-bond donors (Lipinski definition) is 2. The Bertz CT molecular complexity index is 684. The normalized spacial score (nSPS) is 23.3. The molecule has 1 aromatic carbocycles. The lowest BCUT2D eigenvalue weighted by molar-refractivity contribution is -0.125. The molecule has 1 aliphatic rings. The Kier molecular flexibility index (Phi) is 3.91. The van der Waals surface area contributed by atoms with Gasteiger partial charge in [0.05, 0.1) is 5.41 Å². The molecule has 0 fully saturated rings. The van der Waals surface area contributed by atoms with E-state index >= 15 is 0 Å². The van der Waals surface area contributed by atoms with Gasteiger partial charge < -0.3 is 10.4 Å². The van der Waals surface area contributed by atoms with Crippen molar-refractivity contribution in [2.24, 2.45) is 5.41 Å². The number of amides is 1. The molecular formula is C17H20N2O2S. The van der Waals surface area contributed by atoms with Crippen LogP contribution in [-0.4, -0.2) is 16.0 Å². The summed E-state index contributed by atoms with van der Waals surface area (Å²) in [5.74, 6) is 0.403. The first-order valence-electron chi connectivity index (χ1n) is 7.57. The Morgan fingerprint density at radius 1 is 1.55 bits per heavy atom. The van der Waals surface area contributed by atoms with Crippen LogP contribution in [0.15, 0.2) is 29.8 Å². The van der Waals surface area contributed by atoms with E-state index in [1.54, 1.807) is 12.3 Å². The summed E-state index contributed by atoms with van der Waals surface area (Å²) in [6.07, 6.45) is 4.32. The highest BCUT2D eigenvalue weighted by atomic mass is 32.1. The molecule has 2 aromatic rings. The van der Waals surface area contributed by atoms with Crippen LogP contribution in [0.25, 0.3) is 0 Å². The maximum atomic E-state index is 12.9. The molecule has 1 aliphatic carbocycles. The fraction of sp³-hybridized carbons (Fsp3) is 0.412. The number of benzene rings is 1. The molecule has 2 atom stereocenters. The monoisotopic (exact) mass is 316 g/mol. The minimum absolute atomic E-state index is 0.0107. The zero-order chi connectivity index (χ0) is 15.7. The van der Waals surface area contributed by atoms with Crippen molar-refractivity contribution in [2.75, 3.05) is 5.32 Å². The number of aromatic nitrogens is 1. The smallest absolute Gasteiger partial charge is 0.233 e.